The zero-order valence-corrected chi connectivity index (χ0v) is 11.1. The molecular weight excluding hydrogens is 220 g/mol. The quantitative estimate of drug-likeness (QED) is 0.576. The maximum Gasteiger partial charge on any atom is 0.191 e. The highest BCUT2D eigenvalue weighted by Gasteiger charge is 2.44. The van der Waals surface area contributed by atoms with E-state index in [1.807, 2.05) is 11.8 Å². The van der Waals surface area contributed by atoms with Gasteiger partial charge in [-0.15, -0.1) is 0 Å². The Bertz CT molecular complexity index is 267. The van der Waals surface area contributed by atoms with Crippen molar-refractivity contribution in [2.45, 2.75) is 18.4 Å². The van der Waals surface area contributed by atoms with Crippen LogP contribution in [-0.2, 0) is 0 Å². The highest BCUT2D eigenvalue weighted by atomic mass is 32.2. The number of hydrogen-bond acceptors (Lipinski definition) is 3. The van der Waals surface area contributed by atoms with Crippen LogP contribution in [0.25, 0.3) is 0 Å². The van der Waals surface area contributed by atoms with Crippen LogP contribution in [0.1, 0.15) is 12.8 Å². The lowest BCUT2D eigenvalue weighted by Gasteiger charge is -2.28. The largest absolute Gasteiger partial charge is 0.370 e. The lowest BCUT2D eigenvalue weighted by atomic mass is 10.2. The van der Waals surface area contributed by atoms with Crippen molar-refractivity contribution in [3.63, 3.8) is 0 Å². The first-order valence-electron chi connectivity index (χ1n) is 5.94. The van der Waals surface area contributed by atoms with Gasteiger partial charge in [0.15, 0.2) is 5.96 Å². The summed E-state index contributed by atoms with van der Waals surface area (Å²) >= 11 is 2.00. The zero-order chi connectivity index (χ0) is 11.6. The molecule has 2 rings (SSSR count). The molecule has 2 aliphatic rings. The number of aliphatic imine (C=N–C) groups is 1. The summed E-state index contributed by atoms with van der Waals surface area (Å²) in [5.74, 6) is 3.10. The van der Waals surface area contributed by atoms with Crippen molar-refractivity contribution >= 4 is 17.7 Å². The predicted molar refractivity (Wildman–Crippen MR) is 71.0 cm³/mol. The lowest BCUT2D eigenvalue weighted by molar-refractivity contribution is 0.278. The van der Waals surface area contributed by atoms with E-state index in [2.05, 4.69) is 28.9 Å². The maximum atomic E-state index is 6.03. The molecule has 4 nitrogen and oxygen atoms in total. The Hall–Kier alpha value is -0.420. The summed E-state index contributed by atoms with van der Waals surface area (Å²) in [6.07, 6.45) is 2.51. The van der Waals surface area contributed by atoms with E-state index in [1.165, 1.54) is 24.3 Å². The minimum atomic E-state index is 0.315. The van der Waals surface area contributed by atoms with Gasteiger partial charge < -0.3 is 15.5 Å². The van der Waals surface area contributed by atoms with Gasteiger partial charge in [0, 0.05) is 30.1 Å². The van der Waals surface area contributed by atoms with Crippen molar-refractivity contribution in [2.75, 3.05) is 45.2 Å². The van der Waals surface area contributed by atoms with Gasteiger partial charge in [-0.3, -0.25) is 4.99 Å². The average Bonchev–Trinajstić information content (AvgIpc) is 3.08. The van der Waals surface area contributed by atoms with Gasteiger partial charge in [-0.25, -0.2) is 0 Å². The van der Waals surface area contributed by atoms with Crippen molar-refractivity contribution < 1.29 is 0 Å². The highest BCUT2D eigenvalue weighted by molar-refractivity contribution is 7.99. The maximum absolute atomic E-state index is 6.03. The van der Waals surface area contributed by atoms with Crippen LogP contribution in [0.15, 0.2) is 4.99 Å². The van der Waals surface area contributed by atoms with Crippen LogP contribution >= 0.6 is 11.8 Å². The molecule has 1 aliphatic heterocycles. The SMILES string of the molecule is CN(C)C1(CN=C(N)N2CCSCC2)CC1. The van der Waals surface area contributed by atoms with Crippen LogP contribution in [0.3, 0.4) is 0 Å². The fourth-order valence-corrected chi connectivity index (χ4v) is 2.91. The third-order valence-corrected chi connectivity index (χ3v) is 4.59. The summed E-state index contributed by atoms with van der Waals surface area (Å²) in [7, 11) is 4.27. The van der Waals surface area contributed by atoms with Crippen molar-refractivity contribution in [1.82, 2.24) is 9.80 Å². The molecule has 5 heteroatoms. The summed E-state index contributed by atoms with van der Waals surface area (Å²) in [4.78, 5) is 9.07. The van der Waals surface area contributed by atoms with E-state index >= 15 is 0 Å². The molecule has 0 bridgehead atoms. The monoisotopic (exact) mass is 242 g/mol. The Kier molecular flexibility index (Phi) is 3.64. The van der Waals surface area contributed by atoms with E-state index in [0.717, 1.165) is 25.6 Å². The predicted octanol–water partition coefficient (Wildman–Crippen LogP) is 0.444. The third-order valence-electron chi connectivity index (χ3n) is 3.65. The number of likely N-dealkylation sites (N-methyl/N-ethyl adjacent to an activating group) is 1. The first-order valence-corrected chi connectivity index (χ1v) is 7.10. The molecule has 16 heavy (non-hydrogen) atoms. The molecule has 1 heterocycles. The fraction of sp³-hybridized carbons (Fsp3) is 0.909. The number of rotatable bonds is 3. The Morgan fingerprint density at radius 3 is 2.50 bits per heavy atom. The number of nitrogens with two attached hydrogens (primary N) is 1. The van der Waals surface area contributed by atoms with Crippen LogP contribution in [-0.4, -0.2) is 66.5 Å². The van der Waals surface area contributed by atoms with Crippen molar-refractivity contribution in [3.05, 3.63) is 0 Å². The Labute approximate surface area is 102 Å². The average molecular weight is 242 g/mol. The molecule has 2 fully saturated rings. The molecule has 0 radical (unpaired) electrons. The normalized spacial score (nSPS) is 24.9. The van der Waals surface area contributed by atoms with E-state index in [0.29, 0.717) is 5.54 Å². The van der Waals surface area contributed by atoms with Crippen LogP contribution in [0.5, 0.6) is 0 Å². The molecule has 1 aliphatic carbocycles. The van der Waals surface area contributed by atoms with Gasteiger partial charge in [0.1, 0.15) is 0 Å². The number of thioether (sulfide) groups is 1. The minimum Gasteiger partial charge on any atom is -0.370 e. The van der Waals surface area contributed by atoms with E-state index in [9.17, 15) is 0 Å². The van der Waals surface area contributed by atoms with Crippen molar-refractivity contribution in [2.24, 2.45) is 10.7 Å². The van der Waals surface area contributed by atoms with Crippen LogP contribution in [0, 0.1) is 0 Å². The van der Waals surface area contributed by atoms with Crippen molar-refractivity contribution in [3.8, 4) is 0 Å². The number of nitrogens with zero attached hydrogens (tertiary/aromatic N) is 3. The van der Waals surface area contributed by atoms with Gasteiger partial charge in [-0.05, 0) is 26.9 Å². The molecule has 92 valence electrons. The Morgan fingerprint density at radius 2 is 2.00 bits per heavy atom. The molecule has 0 aromatic heterocycles. The summed E-state index contributed by atoms with van der Waals surface area (Å²) < 4.78 is 0. The van der Waals surface area contributed by atoms with Gasteiger partial charge in [-0.1, -0.05) is 0 Å². The first-order chi connectivity index (χ1) is 7.64. The molecule has 0 atom stereocenters. The smallest absolute Gasteiger partial charge is 0.191 e. The van der Waals surface area contributed by atoms with Gasteiger partial charge >= 0.3 is 0 Å². The zero-order valence-electron chi connectivity index (χ0n) is 10.3. The molecular formula is C11H22N4S. The second kappa shape index (κ2) is 4.84. The van der Waals surface area contributed by atoms with Crippen LogP contribution in [0.4, 0.5) is 0 Å². The van der Waals surface area contributed by atoms with Gasteiger partial charge in [-0.2, -0.15) is 11.8 Å². The Morgan fingerprint density at radius 1 is 1.38 bits per heavy atom. The van der Waals surface area contributed by atoms with Crippen LogP contribution < -0.4 is 5.73 Å². The lowest BCUT2D eigenvalue weighted by Crippen LogP contribution is -2.43. The summed E-state index contributed by atoms with van der Waals surface area (Å²) in [5.41, 5.74) is 6.35. The van der Waals surface area contributed by atoms with E-state index in [-0.39, 0.29) is 0 Å². The second-order valence-corrected chi connectivity index (χ2v) is 6.12. The van der Waals surface area contributed by atoms with Crippen LogP contribution in [0.2, 0.25) is 0 Å². The highest BCUT2D eigenvalue weighted by Crippen LogP contribution is 2.40. The third kappa shape index (κ3) is 2.63. The second-order valence-electron chi connectivity index (χ2n) is 4.89. The Balaban J connectivity index is 1.86. The summed E-state index contributed by atoms with van der Waals surface area (Å²) in [6, 6.07) is 0. The molecule has 1 saturated carbocycles. The fourth-order valence-electron chi connectivity index (χ4n) is 2.01. The van der Waals surface area contributed by atoms with E-state index in [1.54, 1.807) is 0 Å². The van der Waals surface area contributed by atoms with Gasteiger partial charge in [0.25, 0.3) is 0 Å². The van der Waals surface area contributed by atoms with Gasteiger partial charge in [0.2, 0.25) is 0 Å². The molecule has 1 saturated heterocycles. The molecule has 2 N–H and O–H groups in total. The van der Waals surface area contributed by atoms with Crippen molar-refractivity contribution in [1.29, 1.82) is 0 Å². The standard InChI is InChI=1S/C11H22N4S/c1-14(2)11(3-4-11)9-13-10(12)15-5-7-16-8-6-15/h3-9H2,1-2H3,(H2,12,13). The molecule has 0 aromatic carbocycles. The van der Waals surface area contributed by atoms with E-state index < -0.39 is 0 Å². The topological polar surface area (TPSA) is 44.9 Å². The molecule has 0 unspecified atom stereocenters. The number of hydrogen-bond donors (Lipinski definition) is 1. The van der Waals surface area contributed by atoms with E-state index in [4.69, 9.17) is 5.73 Å². The molecule has 0 spiro atoms. The molecule has 0 aromatic rings. The first kappa shape index (κ1) is 12.0. The molecule has 0 amide bonds. The van der Waals surface area contributed by atoms with Gasteiger partial charge in [0.05, 0.1) is 6.54 Å². The summed E-state index contributed by atoms with van der Waals surface area (Å²) in [5, 5.41) is 0. The summed E-state index contributed by atoms with van der Waals surface area (Å²) in [6.45, 7) is 2.96. The number of guanidine groups is 1. The minimum absolute atomic E-state index is 0.315.